The molecule has 3 nitrogen and oxygen atoms in total. The lowest BCUT2D eigenvalue weighted by Gasteiger charge is -2.29. The maximum atomic E-state index is 6.17. The van der Waals surface area contributed by atoms with E-state index in [2.05, 4.69) is 49.7 Å². The van der Waals surface area contributed by atoms with Crippen LogP contribution < -0.4 is 15.4 Å². The van der Waals surface area contributed by atoms with Crippen LogP contribution in [0.5, 0.6) is 5.75 Å². The highest BCUT2D eigenvalue weighted by atomic mass is 16.5. The first-order valence-electron chi connectivity index (χ1n) is 9.67. The Morgan fingerprint density at radius 2 is 1.83 bits per heavy atom. The van der Waals surface area contributed by atoms with Crippen LogP contribution in [-0.2, 0) is 6.42 Å². The molecule has 136 valence electrons. The van der Waals surface area contributed by atoms with Crippen LogP contribution in [0.1, 0.15) is 50.2 Å². The minimum atomic E-state index is 0.375. The number of para-hydroxylation sites is 1. The number of likely N-dealkylation sites (N-methyl/N-ethyl adjacent to an activating group) is 1. The van der Waals surface area contributed by atoms with Gasteiger partial charge in [-0.05, 0) is 83.1 Å². The number of hydrogen-bond acceptors (Lipinski definition) is 3. The molecule has 0 spiro atoms. The summed E-state index contributed by atoms with van der Waals surface area (Å²) in [5, 5.41) is 6.53. The van der Waals surface area contributed by atoms with E-state index >= 15 is 0 Å². The van der Waals surface area contributed by atoms with E-state index < -0.39 is 0 Å². The number of rotatable bonds is 9. The molecule has 0 heterocycles. The maximum absolute atomic E-state index is 6.17. The Kier molecular flexibility index (Phi) is 8.07. The summed E-state index contributed by atoms with van der Waals surface area (Å²) in [7, 11) is 4.04. The van der Waals surface area contributed by atoms with Crippen LogP contribution >= 0.6 is 0 Å². The molecular weight excluding hydrogens is 296 g/mol. The summed E-state index contributed by atoms with van der Waals surface area (Å²) < 4.78 is 6.17. The van der Waals surface area contributed by atoms with Crippen molar-refractivity contribution in [2.75, 3.05) is 27.2 Å². The first-order valence-corrected chi connectivity index (χ1v) is 9.67. The van der Waals surface area contributed by atoms with E-state index in [1.54, 1.807) is 0 Å². The lowest BCUT2D eigenvalue weighted by Crippen LogP contribution is -2.28. The standard InChI is InChI=1S/C21H36N2O/c1-16-6-5-7-20(21(16)24-15-17(2)23-4)14-19-10-8-18(9-11-19)12-13-22-3/h5-7,17-19,22-23H,8-15H2,1-4H3/t17-,18?,19?/m0/s1. The maximum Gasteiger partial charge on any atom is 0.125 e. The van der Waals surface area contributed by atoms with Crippen molar-refractivity contribution in [3.63, 3.8) is 0 Å². The second-order valence-corrected chi connectivity index (χ2v) is 7.55. The highest BCUT2D eigenvalue weighted by Crippen LogP contribution is 2.35. The Morgan fingerprint density at radius 3 is 2.50 bits per heavy atom. The van der Waals surface area contributed by atoms with Gasteiger partial charge in [0.1, 0.15) is 12.4 Å². The van der Waals surface area contributed by atoms with Crippen molar-refractivity contribution in [1.82, 2.24) is 10.6 Å². The van der Waals surface area contributed by atoms with Gasteiger partial charge in [-0.25, -0.2) is 0 Å². The SMILES string of the molecule is CNCCC1CCC(Cc2cccc(C)c2OC[C@H](C)NC)CC1. The van der Waals surface area contributed by atoms with Crippen LogP contribution in [0, 0.1) is 18.8 Å². The first kappa shape index (κ1) is 19.3. The largest absolute Gasteiger partial charge is 0.491 e. The van der Waals surface area contributed by atoms with Crippen molar-refractivity contribution in [3.05, 3.63) is 29.3 Å². The molecule has 2 rings (SSSR count). The fourth-order valence-corrected chi connectivity index (χ4v) is 3.76. The Hall–Kier alpha value is -1.06. The minimum absolute atomic E-state index is 0.375. The van der Waals surface area contributed by atoms with E-state index in [1.807, 2.05) is 7.05 Å². The molecule has 1 aliphatic carbocycles. The fourth-order valence-electron chi connectivity index (χ4n) is 3.76. The zero-order valence-corrected chi connectivity index (χ0v) is 16.0. The second-order valence-electron chi connectivity index (χ2n) is 7.55. The third-order valence-electron chi connectivity index (χ3n) is 5.54. The summed E-state index contributed by atoms with van der Waals surface area (Å²) in [6.45, 7) is 6.21. The Morgan fingerprint density at radius 1 is 1.12 bits per heavy atom. The quantitative estimate of drug-likeness (QED) is 0.718. The molecule has 0 aliphatic heterocycles. The predicted octanol–water partition coefficient (Wildman–Crippen LogP) is 3.94. The van der Waals surface area contributed by atoms with E-state index in [4.69, 9.17) is 4.74 Å². The zero-order valence-electron chi connectivity index (χ0n) is 16.0. The number of ether oxygens (including phenoxy) is 1. The molecule has 0 unspecified atom stereocenters. The average Bonchev–Trinajstić information content (AvgIpc) is 2.60. The molecule has 0 radical (unpaired) electrons. The fraction of sp³-hybridized carbons (Fsp3) is 0.714. The first-order chi connectivity index (χ1) is 11.6. The van der Waals surface area contributed by atoms with Crippen LogP contribution in [0.2, 0.25) is 0 Å². The molecule has 1 aromatic rings. The Labute approximate surface area is 148 Å². The topological polar surface area (TPSA) is 33.3 Å². The number of hydrogen-bond donors (Lipinski definition) is 2. The van der Waals surface area contributed by atoms with Gasteiger partial charge in [-0.2, -0.15) is 0 Å². The van der Waals surface area contributed by atoms with Crippen LogP contribution in [-0.4, -0.2) is 33.3 Å². The van der Waals surface area contributed by atoms with E-state index in [0.29, 0.717) is 6.04 Å². The van der Waals surface area contributed by atoms with Gasteiger partial charge in [0.25, 0.3) is 0 Å². The third kappa shape index (κ3) is 5.78. The van der Waals surface area contributed by atoms with Crippen molar-refractivity contribution in [1.29, 1.82) is 0 Å². The van der Waals surface area contributed by atoms with Crippen LogP contribution in [0.3, 0.4) is 0 Å². The Balaban J connectivity index is 1.91. The van der Waals surface area contributed by atoms with Gasteiger partial charge in [-0.3, -0.25) is 0 Å². The monoisotopic (exact) mass is 332 g/mol. The van der Waals surface area contributed by atoms with Crippen LogP contribution in [0.25, 0.3) is 0 Å². The molecule has 3 heteroatoms. The number of benzene rings is 1. The molecule has 2 N–H and O–H groups in total. The summed E-state index contributed by atoms with van der Waals surface area (Å²) in [5.41, 5.74) is 2.66. The highest BCUT2D eigenvalue weighted by molar-refractivity contribution is 5.41. The van der Waals surface area contributed by atoms with Gasteiger partial charge in [-0.15, -0.1) is 0 Å². The molecule has 0 aromatic heterocycles. The molecular formula is C21H36N2O. The van der Waals surface area contributed by atoms with Crippen molar-refractivity contribution in [2.24, 2.45) is 11.8 Å². The number of nitrogens with one attached hydrogen (secondary N) is 2. The summed E-state index contributed by atoms with van der Waals surface area (Å²) >= 11 is 0. The average molecular weight is 333 g/mol. The molecule has 0 bridgehead atoms. The van der Waals surface area contributed by atoms with Gasteiger partial charge < -0.3 is 15.4 Å². The summed E-state index contributed by atoms with van der Waals surface area (Å²) in [6.07, 6.45) is 8.03. The smallest absolute Gasteiger partial charge is 0.125 e. The normalized spacial score (nSPS) is 22.3. The third-order valence-corrected chi connectivity index (χ3v) is 5.54. The van der Waals surface area contributed by atoms with Gasteiger partial charge >= 0.3 is 0 Å². The second kappa shape index (κ2) is 10.0. The van der Waals surface area contributed by atoms with E-state index in [0.717, 1.165) is 30.7 Å². The van der Waals surface area contributed by atoms with Gasteiger partial charge in [0.2, 0.25) is 0 Å². The van der Waals surface area contributed by atoms with Gasteiger partial charge in [0, 0.05) is 6.04 Å². The highest BCUT2D eigenvalue weighted by Gasteiger charge is 2.22. The van der Waals surface area contributed by atoms with Crippen LogP contribution in [0.15, 0.2) is 18.2 Å². The molecule has 1 atom stereocenters. The lowest BCUT2D eigenvalue weighted by molar-refractivity contribution is 0.253. The molecule has 1 aliphatic rings. The molecule has 24 heavy (non-hydrogen) atoms. The summed E-state index contributed by atoms with van der Waals surface area (Å²) in [6, 6.07) is 6.98. The van der Waals surface area contributed by atoms with Crippen molar-refractivity contribution in [2.45, 2.75) is 58.4 Å². The summed E-state index contributed by atoms with van der Waals surface area (Å²) in [4.78, 5) is 0. The van der Waals surface area contributed by atoms with E-state index in [-0.39, 0.29) is 0 Å². The van der Waals surface area contributed by atoms with Gasteiger partial charge in [0.15, 0.2) is 0 Å². The van der Waals surface area contributed by atoms with Crippen LogP contribution in [0.4, 0.5) is 0 Å². The van der Waals surface area contributed by atoms with Crippen molar-refractivity contribution in [3.8, 4) is 5.75 Å². The molecule has 0 saturated heterocycles. The molecule has 1 aromatic carbocycles. The van der Waals surface area contributed by atoms with Crippen molar-refractivity contribution >= 4 is 0 Å². The molecule has 1 saturated carbocycles. The minimum Gasteiger partial charge on any atom is -0.491 e. The predicted molar refractivity (Wildman–Crippen MR) is 103 cm³/mol. The van der Waals surface area contributed by atoms with Gasteiger partial charge in [-0.1, -0.05) is 31.0 Å². The molecule has 0 amide bonds. The Bertz CT molecular complexity index is 481. The van der Waals surface area contributed by atoms with E-state index in [1.165, 1.54) is 49.7 Å². The van der Waals surface area contributed by atoms with Gasteiger partial charge in [0.05, 0.1) is 0 Å². The number of aryl methyl sites for hydroxylation is 1. The lowest BCUT2D eigenvalue weighted by atomic mass is 9.78. The molecule has 1 fully saturated rings. The summed E-state index contributed by atoms with van der Waals surface area (Å²) in [5.74, 6) is 2.87. The zero-order chi connectivity index (χ0) is 17.4. The van der Waals surface area contributed by atoms with E-state index in [9.17, 15) is 0 Å². The van der Waals surface area contributed by atoms with Crippen molar-refractivity contribution < 1.29 is 4.74 Å².